The van der Waals surface area contributed by atoms with E-state index in [1.165, 1.54) is 11.8 Å². The van der Waals surface area contributed by atoms with Crippen molar-refractivity contribution in [3.05, 3.63) is 29.5 Å². The van der Waals surface area contributed by atoms with Crippen molar-refractivity contribution in [1.82, 2.24) is 10.6 Å². The summed E-state index contributed by atoms with van der Waals surface area (Å²) in [5.74, 6) is 1.48. The van der Waals surface area contributed by atoms with Crippen molar-refractivity contribution >= 4 is 23.8 Å². The number of carbonyl (C=O) groups is 2. The molecule has 2 heterocycles. The summed E-state index contributed by atoms with van der Waals surface area (Å²) in [6, 6.07) is 5.02. The largest absolute Gasteiger partial charge is 0.490 e. The van der Waals surface area contributed by atoms with Crippen LogP contribution in [0, 0.1) is 0 Å². The zero-order valence-corrected chi connectivity index (χ0v) is 15.6. The highest BCUT2D eigenvalue weighted by Gasteiger charge is 2.29. The highest BCUT2D eigenvalue weighted by Crippen LogP contribution is 2.34. The predicted molar refractivity (Wildman–Crippen MR) is 97.6 cm³/mol. The lowest BCUT2D eigenvalue weighted by Gasteiger charge is -2.26. The lowest BCUT2D eigenvalue weighted by atomic mass is 10.1. The minimum atomic E-state index is -0.415. The maximum atomic E-state index is 12.2. The first-order valence-corrected chi connectivity index (χ1v) is 9.57. The molecule has 2 amide bonds. The van der Waals surface area contributed by atoms with E-state index in [2.05, 4.69) is 10.6 Å². The van der Waals surface area contributed by atoms with Crippen molar-refractivity contribution < 1.29 is 23.8 Å². The van der Waals surface area contributed by atoms with Crippen molar-refractivity contribution in [3.63, 3.8) is 0 Å². The SMILES string of the molecule is CCOC(=O)C1=C(CSc2ccc3c(c2)OCCCO3)NC(=O)N[C@H]1C. The second kappa shape index (κ2) is 8.35. The van der Waals surface area contributed by atoms with Crippen LogP contribution in [0.15, 0.2) is 34.4 Å². The molecule has 0 aliphatic carbocycles. The Bertz CT molecular complexity index is 734. The molecule has 0 unspecified atom stereocenters. The number of esters is 1. The van der Waals surface area contributed by atoms with Gasteiger partial charge in [-0.1, -0.05) is 0 Å². The molecular formula is C18H22N2O5S. The zero-order chi connectivity index (χ0) is 18.5. The number of benzene rings is 1. The molecule has 0 aromatic heterocycles. The topological polar surface area (TPSA) is 85.9 Å². The van der Waals surface area contributed by atoms with Gasteiger partial charge in [0.25, 0.3) is 0 Å². The number of nitrogens with one attached hydrogen (secondary N) is 2. The van der Waals surface area contributed by atoms with Crippen LogP contribution in [-0.2, 0) is 9.53 Å². The Labute approximate surface area is 156 Å². The first kappa shape index (κ1) is 18.4. The highest BCUT2D eigenvalue weighted by molar-refractivity contribution is 7.99. The Kier molecular flexibility index (Phi) is 5.92. The molecule has 0 spiro atoms. The van der Waals surface area contributed by atoms with Gasteiger partial charge in [0.1, 0.15) is 0 Å². The van der Waals surface area contributed by atoms with E-state index in [0.717, 1.165) is 22.8 Å². The summed E-state index contributed by atoms with van der Waals surface area (Å²) in [5.41, 5.74) is 1.02. The summed E-state index contributed by atoms with van der Waals surface area (Å²) >= 11 is 1.51. The van der Waals surface area contributed by atoms with Crippen LogP contribution < -0.4 is 20.1 Å². The molecule has 1 atom stereocenters. The Hall–Kier alpha value is -2.35. The van der Waals surface area contributed by atoms with Gasteiger partial charge in [-0.3, -0.25) is 0 Å². The summed E-state index contributed by atoms with van der Waals surface area (Å²) in [5, 5.41) is 5.42. The van der Waals surface area contributed by atoms with Gasteiger partial charge in [0.15, 0.2) is 11.5 Å². The highest BCUT2D eigenvalue weighted by atomic mass is 32.2. The van der Waals surface area contributed by atoms with Crippen LogP contribution >= 0.6 is 11.8 Å². The summed E-state index contributed by atoms with van der Waals surface area (Å²) in [4.78, 5) is 25.0. The number of thioether (sulfide) groups is 1. The fraction of sp³-hybridized carbons (Fsp3) is 0.444. The quantitative estimate of drug-likeness (QED) is 0.605. The van der Waals surface area contributed by atoms with Crippen LogP contribution in [0.5, 0.6) is 11.5 Å². The Morgan fingerprint density at radius 2 is 2.08 bits per heavy atom. The average molecular weight is 378 g/mol. The van der Waals surface area contributed by atoms with Gasteiger partial charge < -0.3 is 24.8 Å². The molecule has 7 nitrogen and oxygen atoms in total. The molecule has 26 heavy (non-hydrogen) atoms. The lowest BCUT2D eigenvalue weighted by Crippen LogP contribution is -2.49. The van der Waals surface area contributed by atoms with Crippen molar-refractivity contribution in [2.45, 2.75) is 31.2 Å². The van der Waals surface area contributed by atoms with E-state index in [1.807, 2.05) is 18.2 Å². The number of fused-ring (bicyclic) bond motifs is 1. The van der Waals surface area contributed by atoms with E-state index in [1.54, 1.807) is 13.8 Å². The molecule has 3 rings (SSSR count). The Morgan fingerprint density at radius 3 is 2.85 bits per heavy atom. The minimum absolute atomic E-state index is 0.283. The molecule has 1 aromatic rings. The Morgan fingerprint density at radius 1 is 1.31 bits per heavy atom. The summed E-state index contributed by atoms with van der Waals surface area (Å²) in [6.07, 6.45) is 0.851. The molecule has 2 aliphatic rings. The van der Waals surface area contributed by atoms with Gasteiger partial charge in [0.05, 0.1) is 31.4 Å². The third-order valence-corrected chi connectivity index (χ3v) is 4.99. The van der Waals surface area contributed by atoms with E-state index in [9.17, 15) is 9.59 Å². The van der Waals surface area contributed by atoms with Gasteiger partial charge in [-0.05, 0) is 32.0 Å². The summed E-state index contributed by atoms with van der Waals surface area (Å²) in [6.45, 7) is 5.07. The molecule has 140 valence electrons. The fourth-order valence-electron chi connectivity index (χ4n) is 2.78. The average Bonchev–Trinajstić information content (AvgIpc) is 2.84. The molecule has 1 aromatic carbocycles. The molecule has 0 bridgehead atoms. The van der Waals surface area contributed by atoms with E-state index in [4.69, 9.17) is 14.2 Å². The van der Waals surface area contributed by atoms with Gasteiger partial charge in [-0.25, -0.2) is 9.59 Å². The monoisotopic (exact) mass is 378 g/mol. The van der Waals surface area contributed by atoms with Crippen LogP contribution in [0.3, 0.4) is 0 Å². The van der Waals surface area contributed by atoms with Crippen molar-refractivity contribution in [2.24, 2.45) is 0 Å². The molecule has 0 saturated heterocycles. The number of urea groups is 1. The first-order chi connectivity index (χ1) is 12.6. The van der Waals surface area contributed by atoms with Crippen LogP contribution in [0.25, 0.3) is 0 Å². The van der Waals surface area contributed by atoms with Crippen LogP contribution in [0.4, 0.5) is 4.79 Å². The smallest absolute Gasteiger partial charge is 0.337 e. The lowest BCUT2D eigenvalue weighted by molar-refractivity contribution is -0.138. The molecule has 2 N–H and O–H groups in total. The third kappa shape index (κ3) is 4.24. The molecule has 2 aliphatic heterocycles. The summed E-state index contributed by atoms with van der Waals surface area (Å²) < 4.78 is 16.5. The third-order valence-electron chi connectivity index (χ3n) is 3.97. The van der Waals surface area contributed by atoms with Crippen molar-refractivity contribution in [1.29, 1.82) is 0 Å². The van der Waals surface area contributed by atoms with Crippen molar-refractivity contribution in [2.75, 3.05) is 25.6 Å². The minimum Gasteiger partial charge on any atom is -0.490 e. The van der Waals surface area contributed by atoms with E-state index in [0.29, 0.717) is 30.2 Å². The van der Waals surface area contributed by atoms with Gasteiger partial charge >= 0.3 is 12.0 Å². The molecule has 0 radical (unpaired) electrons. The van der Waals surface area contributed by atoms with Crippen molar-refractivity contribution in [3.8, 4) is 11.5 Å². The maximum Gasteiger partial charge on any atom is 0.337 e. The van der Waals surface area contributed by atoms with Gasteiger partial charge in [0, 0.05) is 22.8 Å². The second-order valence-corrected chi connectivity index (χ2v) is 6.93. The predicted octanol–water partition coefficient (Wildman–Crippen LogP) is 2.46. The standard InChI is InChI=1S/C18H22N2O5S/c1-3-23-17(21)16-11(2)19-18(22)20-13(16)10-26-12-5-6-14-15(9-12)25-8-4-7-24-14/h5-6,9,11H,3-4,7-8,10H2,1-2H3,(H2,19,20,22)/t11-/m0/s1. The van der Waals surface area contributed by atoms with E-state index >= 15 is 0 Å². The van der Waals surface area contributed by atoms with Crippen LogP contribution in [0.1, 0.15) is 20.3 Å². The number of amides is 2. The maximum absolute atomic E-state index is 12.2. The van der Waals surface area contributed by atoms with E-state index in [-0.39, 0.29) is 12.6 Å². The number of hydrogen-bond donors (Lipinski definition) is 2. The van der Waals surface area contributed by atoms with Crippen LogP contribution in [-0.4, -0.2) is 43.6 Å². The molecular weight excluding hydrogens is 356 g/mol. The molecule has 0 fully saturated rings. The number of hydrogen-bond acceptors (Lipinski definition) is 6. The first-order valence-electron chi connectivity index (χ1n) is 8.58. The second-order valence-electron chi connectivity index (χ2n) is 5.88. The molecule has 8 heteroatoms. The number of rotatable bonds is 5. The van der Waals surface area contributed by atoms with Gasteiger partial charge in [-0.15, -0.1) is 11.8 Å². The van der Waals surface area contributed by atoms with Gasteiger partial charge in [-0.2, -0.15) is 0 Å². The number of ether oxygens (including phenoxy) is 3. The van der Waals surface area contributed by atoms with Gasteiger partial charge in [0.2, 0.25) is 0 Å². The summed E-state index contributed by atoms with van der Waals surface area (Å²) in [7, 11) is 0. The van der Waals surface area contributed by atoms with Crippen LogP contribution in [0.2, 0.25) is 0 Å². The fourth-order valence-corrected chi connectivity index (χ4v) is 3.68. The molecule has 0 saturated carbocycles. The van der Waals surface area contributed by atoms with E-state index < -0.39 is 12.0 Å². The zero-order valence-electron chi connectivity index (χ0n) is 14.8. The normalized spacial score (nSPS) is 19.3. The number of carbonyl (C=O) groups excluding carboxylic acids is 2. The Balaban J connectivity index is 1.77.